The fraction of sp³-hybridized carbons (Fsp3) is 0.538. The number of likely N-dealkylation sites (N-methyl/N-ethyl adjacent to an activating group) is 1. The summed E-state index contributed by atoms with van der Waals surface area (Å²) in [7, 11) is 1.85. The number of morpholine rings is 1. The van der Waals surface area contributed by atoms with E-state index in [0.29, 0.717) is 31.8 Å². The summed E-state index contributed by atoms with van der Waals surface area (Å²) in [5.41, 5.74) is 0.364. The van der Waals surface area contributed by atoms with Gasteiger partial charge in [0.05, 0.1) is 17.6 Å². The Morgan fingerprint density at radius 3 is 3.10 bits per heavy atom. The second-order valence-electron chi connectivity index (χ2n) is 4.82. The summed E-state index contributed by atoms with van der Waals surface area (Å²) < 4.78 is 18.9. The zero-order valence-corrected chi connectivity index (χ0v) is 11.3. The van der Waals surface area contributed by atoms with Gasteiger partial charge in [0.1, 0.15) is 5.82 Å². The van der Waals surface area contributed by atoms with E-state index in [4.69, 9.17) is 4.74 Å². The van der Waals surface area contributed by atoms with E-state index < -0.39 is 10.7 Å². The molecule has 0 bridgehead atoms. The molecule has 0 amide bonds. The third-order valence-electron chi connectivity index (χ3n) is 3.29. The number of hydrogen-bond donors (Lipinski definition) is 1. The Labute approximate surface area is 116 Å². The molecular formula is C13H18FN3O3. The van der Waals surface area contributed by atoms with Crippen molar-refractivity contribution in [1.82, 2.24) is 10.2 Å². The maximum Gasteiger partial charge on any atom is 0.274 e. The molecular weight excluding hydrogens is 265 g/mol. The first kappa shape index (κ1) is 14.8. The molecule has 0 spiro atoms. The fourth-order valence-electron chi connectivity index (χ4n) is 2.37. The molecule has 7 heteroatoms. The van der Waals surface area contributed by atoms with Gasteiger partial charge >= 0.3 is 0 Å². The molecule has 1 aliphatic rings. The van der Waals surface area contributed by atoms with Gasteiger partial charge in [0.2, 0.25) is 0 Å². The molecule has 20 heavy (non-hydrogen) atoms. The van der Waals surface area contributed by atoms with Crippen molar-refractivity contribution < 1.29 is 14.1 Å². The smallest absolute Gasteiger partial charge is 0.274 e. The average molecular weight is 283 g/mol. The van der Waals surface area contributed by atoms with Gasteiger partial charge in [-0.3, -0.25) is 15.0 Å². The molecule has 2 rings (SSSR count). The molecule has 0 saturated carbocycles. The van der Waals surface area contributed by atoms with Gasteiger partial charge in [0.25, 0.3) is 5.69 Å². The van der Waals surface area contributed by atoms with Crippen LogP contribution in [0.4, 0.5) is 10.1 Å². The Morgan fingerprint density at radius 2 is 2.40 bits per heavy atom. The van der Waals surface area contributed by atoms with Crippen LogP contribution in [-0.4, -0.2) is 49.2 Å². The molecule has 1 N–H and O–H groups in total. The number of hydrogen-bond acceptors (Lipinski definition) is 5. The van der Waals surface area contributed by atoms with E-state index in [9.17, 15) is 14.5 Å². The van der Waals surface area contributed by atoms with Gasteiger partial charge < -0.3 is 10.1 Å². The summed E-state index contributed by atoms with van der Waals surface area (Å²) in [6.45, 7) is 3.03. The first-order chi connectivity index (χ1) is 9.60. The molecule has 1 atom stereocenters. The van der Waals surface area contributed by atoms with Gasteiger partial charge in [0.15, 0.2) is 0 Å². The molecule has 1 aliphatic heterocycles. The van der Waals surface area contributed by atoms with Gasteiger partial charge in [-0.25, -0.2) is 4.39 Å². The predicted octanol–water partition coefficient (Wildman–Crippen LogP) is 1.15. The van der Waals surface area contributed by atoms with Crippen molar-refractivity contribution in [3.63, 3.8) is 0 Å². The van der Waals surface area contributed by atoms with E-state index in [1.54, 1.807) is 0 Å². The molecule has 0 aromatic heterocycles. The minimum atomic E-state index is -0.472. The average Bonchev–Trinajstić information content (AvgIpc) is 2.39. The number of rotatable bonds is 5. The molecule has 1 aromatic carbocycles. The van der Waals surface area contributed by atoms with Crippen LogP contribution in [0, 0.1) is 15.9 Å². The normalized spacial score (nSPS) is 20.0. The summed E-state index contributed by atoms with van der Waals surface area (Å²) in [4.78, 5) is 12.5. The summed E-state index contributed by atoms with van der Waals surface area (Å²) in [5, 5.41) is 14.0. The van der Waals surface area contributed by atoms with Crippen molar-refractivity contribution in [3.05, 3.63) is 39.7 Å². The van der Waals surface area contributed by atoms with Crippen molar-refractivity contribution in [1.29, 1.82) is 0 Å². The van der Waals surface area contributed by atoms with Crippen molar-refractivity contribution in [2.24, 2.45) is 0 Å². The summed E-state index contributed by atoms with van der Waals surface area (Å²) in [6.07, 6.45) is 0.0568. The highest BCUT2D eigenvalue weighted by molar-refractivity contribution is 5.40. The lowest BCUT2D eigenvalue weighted by Gasteiger charge is -2.32. The Kier molecular flexibility index (Phi) is 4.99. The number of benzene rings is 1. The van der Waals surface area contributed by atoms with E-state index in [2.05, 4.69) is 5.32 Å². The van der Waals surface area contributed by atoms with Gasteiger partial charge in [-0.1, -0.05) is 0 Å². The van der Waals surface area contributed by atoms with Gasteiger partial charge in [-0.05, 0) is 19.2 Å². The number of ether oxygens (including phenoxy) is 1. The largest absolute Gasteiger partial charge is 0.374 e. The molecule has 0 radical (unpaired) electrons. The van der Waals surface area contributed by atoms with E-state index in [0.717, 1.165) is 12.6 Å². The fourth-order valence-corrected chi connectivity index (χ4v) is 2.37. The number of nitro groups is 1. The summed E-state index contributed by atoms with van der Waals surface area (Å²) in [5.74, 6) is -0.453. The monoisotopic (exact) mass is 283 g/mol. The van der Waals surface area contributed by atoms with Crippen LogP contribution < -0.4 is 5.32 Å². The summed E-state index contributed by atoms with van der Waals surface area (Å²) in [6, 6.07) is 3.57. The zero-order valence-electron chi connectivity index (χ0n) is 11.3. The van der Waals surface area contributed by atoms with Crippen LogP contribution in [0.15, 0.2) is 18.2 Å². The van der Waals surface area contributed by atoms with Crippen molar-refractivity contribution >= 4 is 5.69 Å². The predicted molar refractivity (Wildman–Crippen MR) is 72.0 cm³/mol. The van der Waals surface area contributed by atoms with Crippen LogP contribution in [-0.2, 0) is 11.3 Å². The minimum Gasteiger partial charge on any atom is -0.374 e. The maximum atomic E-state index is 13.3. The summed E-state index contributed by atoms with van der Waals surface area (Å²) >= 11 is 0. The first-order valence-corrected chi connectivity index (χ1v) is 6.51. The van der Waals surface area contributed by atoms with Crippen LogP contribution in [0.25, 0.3) is 0 Å². The maximum absolute atomic E-state index is 13.3. The van der Waals surface area contributed by atoms with E-state index in [1.165, 1.54) is 12.1 Å². The van der Waals surface area contributed by atoms with Crippen molar-refractivity contribution in [3.8, 4) is 0 Å². The standard InChI is InChI=1S/C13H18FN3O3/c1-15-7-12-9-16(4-5-20-12)8-10-6-11(14)2-3-13(10)17(18)19/h2-3,6,12,15H,4-5,7-9H2,1H3. The highest BCUT2D eigenvalue weighted by Gasteiger charge is 2.23. The number of halogens is 1. The molecule has 1 aromatic rings. The van der Waals surface area contributed by atoms with E-state index in [-0.39, 0.29) is 11.8 Å². The number of nitro benzene ring substituents is 1. The Bertz CT molecular complexity index is 482. The highest BCUT2D eigenvalue weighted by atomic mass is 19.1. The molecule has 1 saturated heterocycles. The highest BCUT2D eigenvalue weighted by Crippen LogP contribution is 2.22. The van der Waals surface area contributed by atoms with Crippen LogP contribution in [0.5, 0.6) is 0 Å². The SMILES string of the molecule is CNCC1CN(Cc2cc(F)ccc2[N+](=O)[O-])CCO1. The minimum absolute atomic E-state index is 0.0388. The Balaban J connectivity index is 2.09. The lowest BCUT2D eigenvalue weighted by Crippen LogP contribution is -2.45. The van der Waals surface area contributed by atoms with Crippen LogP contribution in [0.3, 0.4) is 0 Å². The Morgan fingerprint density at radius 1 is 1.60 bits per heavy atom. The molecule has 1 heterocycles. The topological polar surface area (TPSA) is 67.6 Å². The zero-order chi connectivity index (χ0) is 14.5. The second kappa shape index (κ2) is 6.74. The van der Waals surface area contributed by atoms with Crippen LogP contribution in [0.2, 0.25) is 0 Å². The molecule has 1 unspecified atom stereocenters. The third kappa shape index (κ3) is 3.72. The van der Waals surface area contributed by atoms with E-state index >= 15 is 0 Å². The van der Waals surface area contributed by atoms with Gasteiger partial charge in [-0.15, -0.1) is 0 Å². The molecule has 0 aliphatic carbocycles. The molecule has 1 fully saturated rings. The number of nitrogens with zero attached hydrogens (tertiary/aromatic N) is 2. The van der Waals surface area contributed by atoms with E-state index in [1.807, 2.05) is 11.9 Å². The third-order valence-corrected chi connectivity index (χ3v) is 3.29. The van der Waals surface area contributed by atoms with Crippen molar-refractivity contribution in [2.45, 2.75) is 12.6 Å². The lowest BCUT2D eigenvalue weighted by molar-refractivity contribution is -0.385. The van der Waals surface area contributed by atoms with Crippen molar-refractivity contribution in [2.75, 3.05) is 33.3 Å². The quantitative estimate of drug-likeness (QED) is 0.648. The second-order valence-corrected chi connectivity index (χ2v) is 4.82. The van der Waals surface area contributed by atoms with Gasteiger partial charge in [-0.2, -0.15) is 0 Å². The van der Waals surface area contributed by atoms with Crippen LogP contribution >= 0.6 is 0 Å². The molecule has 6 nitrogen and oxygen atoms in total. The number of nitrogens with one attached hydrogen (secondary N) is 1. The molecule has 110 valence electrons. The first-order valence-electron chi connectivity index (χ1n) is 6.51. The lowest BCUT2D eigenvalue weighted by atomic mass is 10.1. The van der Waals surface area contributed by atoms with Crippen LogP contribution in [0.1, 0.15) is 5.56 Å². The Hall–Kier alpha value is -1.57. The van der Waals surface area contributed by atoms with Gasteiger partial charge in [0, 0.05) is 37.8 Å².